The summed E-state index contributed by atoms with van der Waals surface area (Å²) < 4.78 is 4.97. The lowest BCUT2D eigenvalue weighted by molar-refractivity contribution is -0.139. The van der Waals surface area contributed by atoms with Crippen molar-refractivity contribution in [1.82, 2.24) is 5.32 Å². The number of hydrogen-bond donors (Lipinski definition) is 3. The Labute approximate surface area is 82.4 Å². The summed E-state index contributed by atoms with van der Waals surface area (Å²) in [6, 6.07) is -0.992. The largest absolute Gasteiger partial charge is 0.481 e. The molecule has 0 aromatic carbocycles. The molecule has 0 aliphatic heterocycles. The van der Waals surface area contributed by atoms with Gasteiger partial charge in [0.25, 0.3) is 0 Å². The Morgan fingerprint density at radius 1 is 1.57 bits per heavy atom. The highest BCUT2D eigenvalue weighted by Crippen LogP contribution is 1.87. The lowest BCUT2D eigenvalue weighted by Crippen LogP contribution is -2.43. The number of carbonyl (C=O) groups is 2. The number of nitrogens with one attached hydrogen (secondary N) is 1. The second kappa shape index (κ2) is 7.28. The average molecular weight is 204 g/mol. The van der Waals surface area contributed by atoms with Crippen LogP contribution >= 0.6 is 0 Å². The zero-order valence-electron chi connectivity index (χ0n) is 8.16. The van der Waals surface area contributed by atoms with E-state index in [-0.39, 0.29) is 6.42 Å². The molecule has 4 N–H and O–H groups in total. The van der Waals surface area contributed by atoms with E-state index in [1.165, 1.54) is 0 Å². The van der Waals surface area contributed by atoms with Crippen LogP contribution in [0.15, 0.2) is 0 Å². The molecule has 6 heteroatoms. The average Bonchev–Trinajstić information content (AvgIpc) is 2.11. The van der Waals surface area contributed by atoms with Crippen molar-refractivity contribution in [3.63, 3.8) is 0 Å². The Kier molecular flexibility index (Phi) is 6.69. The Morgan fingerprint density at radius 2 is 2.21 bits per heavy atom. The number of ether oxygens (including phenoxy) is 1. The highest BCUT2D eigenvalue weighted by Gasteiger charge is 2.15. The number of carbonyl (C=O) groups excluding carboxylic acids is 1. The van der Waals surface area contributed by atoms with Gasteiger partial charge in [0.1, 0.15) is 0 Å². The first-order valence-corrected chi connectivity index (χ1v) is 4.40. The quantitative estimate of drug-likeness (QED) is 0.459. The van der Waals surface area contributed by atoms with Crippen LogP contribution in [0.3, 0.4) is 0 Å². The summed E-state index contributed by atoms with van der Waals surface area (Å²) in [4.78, 5) is 21.3. The number of aliphatic carboxylic acids is 1. The fourth-order valence-electron chi connectivity index (χ4n) is 0.803. The molecule has 14 heavy (non-hydrogen) atoms. The number of carboxylic acid groups (broad SMARTS) is 1. The van der Waals surface area contributed by atoms with E-state index in [1.807, 2.05) is 6.92 Å². The van der Waals surface area contributed by atoms with Gasteiger partial charge < -0.3 is 20.9 Å². The third-order valence-electron chi connectivity index (χ3n) is 1.48. The molecular formula is C8H16N2O4. The van der Waals surface area contributed by atoms with Gasteiger partial charge in [-0.1, -0.05) is 0 Å². The van der Waals surface area contributed by atoms with Crippen LogP contribution in [-0.2, 0) is 14.3 Å². The van der Waals surface area contributed by atoms with E-state index in [0.717, 1.165) is 0 Å². The van der Waals surface area contributed by atoms with Crippen molar-refractivity contribution in [2.45, 2.75) is 19.4 Å². The normalized spacial score (nSPS) is 12.1. The van der Waals surface area contributed by atoms with Crippen LogP contribution in [0, 0.1) is 0 Å². The molecule has 6 nitrogen and oxygen atoms in total. The summed E-state index contributed by atoms with van der Waals surface area (Å²) in [6.07, 6.45) is -0.361. The monoisotopic (exact) mass is 204 g/mol. The van der Waals surface area contributed by atoms with Crippen molar-refractivity contribution in [2.24, 2.45) is 5.73 Å². The van der Waals surface area contributed by atoms with Crippen LogP contribution in [0.5, 0.6) is 0 Å². The summed E-state index contributed by atoms with van der Waals surface area (Å²) >= 11 is 0. The van der Waals surface area contributed by atoms with Gasteiger partial charge in [-0.2, -0.15) is 0 Å². The summed E-state index contributed by atoms with van der Waals surface area (Å²) in [5, 5.41) is 10.8. The molecule has 0 aliphatic rings. The topological polar surface area (TPSA) is 102 Å². The van der Waals surface area contributed by atoms with Crippen molar-refractivity contribution < 1.29 is 19.4 Å². The summed E-state index contributed by atoms with van der Waals surface area (Å²) in [7, 11) is 0. The molecule has 0 fully saturated rings. The zero-order valence-corrected chi connectivity index (χ0v) is 8.16. The molecule has 0 aliphatic carbocycles. The SMILES string of the molecule is CCOCCNC(=O)C(N)CC(=O)O. The van der Waals surface area contributed by atoms with Crippen LogP contribution in [0.2, 0.25) is 0 Å². The van der Waals surface area contributed by atoms with E-state index in [2.05, 4.69) is 5.32 Å². The Balaban J connectivity index is 3.57. The van der Waals surface area contributed by atoms with Gasteiger partial charge in [-0.3, -0.25) is 9.59 Å². The second-order valence-electron chi connectivity index (χ2n) is 2.69. The molecule has 0 bridgehead atoms. The maximum absolute atomic E-state index is 11.1. The van der Waals surface area contributed by atoms with Gasteiger partial charge in [0.15, 0.2) is 0 Å². The van der Waals surface area contributed by atoms with Gasteiger partial charge >= 0.3 is 5.97 Å². The Morgan fingerprint density at radius 3 is 2.71 bits per heavy atom. The van der Waals surface area contributed by atoms with Crippen LogP contribution in [0.4, 0.5) is 0 Å². The van der Waals surface area contributed by atoms with E-state index < -0.39 is 17.9 Å². The van der Waals surface area contributed by atoms with Crippen molar-refractivity contribution >= 4 is 11.9 Å². The van der Waals surface area contributed by atoms with Crippen molar-refractivity contribution in [3.8, 4) is 0 Å². The van der Waals surface area contributed by atoms with Gasteiger partial charge in [0.05, 0.1) is 19.1 Å². The summed E-state index contributed by atoms with van der Waals surface area (Å²) in [5.41, 5.74) is 5.30. The van der Waals surface area contributed by atoms with Crippen molar-refractivity contribution in [2.75, 3.05) is 19.8 Å². The molecular weight excluding hydrogens is 188 g/mol. The molecule has 0 spiro atoms. The number of amides is 1. The lowest BCUT2D eigenvalue weighted by atomic mass is 10.2. The van der Waals surface area contributed by atoms with E-state index in [9.17, 15) is 9.59 Å². The van der Waals surface area contributed by atoms with E-state index in [1.54, 1.807) is 0 Å². The Hall–Kier alpha value is -1.14. The first-order chi connectivity index (χ1) is 6.57. The van der Waals surface area contributed by atoms with Crippen molar-refractivity contribution in [1.29, 1.82) is 0 Å². The molecule has 0 aromatic heterocycles. The smallest absolute Gasteiger partial charge is 0.305 e. The van der Waals surface area contributed by atoms with Gasteiger partial charge in [-0.05, 0) is 6.92 Å². The summed E-state index contributed by atoms with van der Waals surface area (Å²) in [5.74, 6) is -1.55. The van der Waals surface area contributed by atoms with Crippen LogP contribution < -0.4 is 11.1 Å². The molecule has 0 rings (SSSR count). The molecule has 0 saturated heterocycles. The standard InChI is InChI=1S/C8H16N2O4/c1-2-14-4-3-10-8(13)6(9)5-7(11)12/h6H,2-5,9H2,1H3,(H,10,13)(H,11,12). The Bertz CT molecular complexity index is 196. The number of rotatable bonds is 7. The highest BCUT2D eigenvalue weighted by atomic mass is 16.5. The van der Waals surface area contributed by atoms with Gasteiger partial charge in [-0.25, -0.2) is 0 Å². The summed E-state index contributed by atoms with van der Waals surface area (Å²) in [6.45, 7) is 3.18. The number of hydrogen-bond acceptors (Lipinski definition) is 4. The molecule has 1 atom stereocenters. The lowest BCUT2D eigenvalue weighted by Gasteiger charge is -2.09. The third-order valence-corrected chi connectivity index (χ3v) is 1.48. The highest BCUT2D eigenvalue weighted by molar-refractivity contribution is 5.85. The minimum atomic E-state index is -1.09. The zero-order chi connectivity index (χ0) is 11.0. The van der Waals surface area contributed by atoms with Crippen LogP contribution in [-0.4, -0.2) is 42.8 Å². The van der Waals surface area contributed by atoms with Gasteiger partial charge in [0.2, 0.25) is 5.91 Å². The van der Waals surface area contributed by atoms with Crippen LogP contribution in [0.1, 0.15) is 13.3 Å². The number of carboxylic acids is 1. The number of nitrogens with two attached hydrogens (primary N) is 1. The van der Waals surface area contributed by atoms with Crippen molar-refractivity contribution in [3.05, 3.63) is 0 Å². The van der Waals surface area contributed by atoms with E-state index >= 15 is 0 Å². The maximum atomic E-state index is 11.1. The molecule has 0 radical (unpaired) electrons. The van der Waals surface area contributed by atoms with Gasteiger partial charge in [0, 0.05) is 13.2 Å². The van der Waals surface area contributed by atoms with E-state index in [0.29, 0.717) is 19.8 Å². The molecule has 1 unspecified atom stereocenters. The third kappa shape index (κ3) is 6.38. The molecule has 82 valence electrons. The maximum Gasteiger partial charge on any atom is 0.305 e. The first-order valence-electron chi connectivity index (χ1n) is 4.40. The molecule has 0 aromatic rings. The fraction of sp³-hybridized carbons (Fsp3) is 0.750. The second-order valence-corrected chi connectivity index (χ2v) is 2.69. The minimum Gasteiger partial charge on any atom is -0.481 e. The fourth-order valence-corrected chi connectivity index (χ4v) is 0.803. The minimum absolute atomic E-state index is 0.347. The predicted molar refractivity (Wildman–Crippen MR) is 49.7 cm³/mol. The molecule has 0 saturated carbocycles. The molecule has 1 amide bonds. The first kappa shape index (κ1) is 12.9. The van der Waals surface area contributed by atoms with Gasteiger partial charge in [-0.15, -0.1) is 0 Å². The molecule has 0 heterocycles. The van der Waals surface area contributed by atoms with Crippen LogP contribution in [0.25, 0.3) is 0 Å². The predicted octanol–water partition coefficient (Wildman–Crippen LogP) is -1.06. The van der Waals surface area contributed by atoms with E-state index in [4.69, 9.17) is 15.6 Å².